The Balaban J connectivity index is 2.78. The van der Waals surface area contributed by atoms with Crippen LogP contribution in [0.2, 0.25) is 0 Å². The van der Waals surface area contributed by atoms with Crippen LogP contribution in [0.5, 0.6) is 5.75 Å². The molecule has 0 amide bonds. The Kier molecular flexibility index (Phi) is 6.25. The van der Waals surface area contributed by atoms with Crippen molar-refractivity contribution in [3.63, 3.8) is 0 Å². The Morgan fingerprint density at radius 3 is 2.25 bits per heavy atom. The minimum atomic E-state index is -4.46. The zero-order chi connectivity index (χ0) is 15.2. The van der Waals surface area contributed by atoms with Crippen molar-refractivity contribution in [1.82, 2.24) is 5.32 Å². The van der Waals surface area contributed by atoms with Gasteiger partial charge in [-0.1, -0.05) is 12.1 Å². The van der Waals surface area contributed by atoms with E-state index in [0.29, 0.717) is 5.75 Å². The Morgan fingerprint density at radius 2 is 1.80 bits per heavy atom. The highest BCUT2D eigenvalue weighted by atomic mass is 19.4. The molecule has 2 N–H and O–H groups in total. The maximum absolute atomic E-state index is 13.0. The summed E-state index contributed by atoms with van der Waals surface area (Å²) in [5.74, 6) is 0.481. The van der Waals surface area contributed by atoms with E-state index in [0.717, 1.165) is 0 Å². The van der Waals surface area contributed by atoms with E-state index in [4.69, 9.17) is 4.74 Å². The lowest BCUT2D eigenvalue weighted by Crippen LogP contribution is -2.39. The number of alkyl halides is 3. The summed E-state index contributed by atoms with van der Waals surface area (Å²) in [6, 6.07) is 3.75. The molecule has 0 radical (unpaired) electrons. The molecule has 2 atom stereocenters. The fourth-order valence-electron chi connectivity index (χ4n) is 1.72. The smallest absolute Gasteiger partial charge is 0.407 e. The molecule has 20 heavy (non-hydrogen) atoms. The van der Waals surface area contributed by atoms with Crippen LogP contribution in [0.4, 0.5) is 13.2 Å². The van der Waals surface area contributed by atoms with Crippen LogP contribution in [0.1, 0.15) is 11.6 Å². The number of halogens is 3. The van der Waals surface area contributed by atoms with Gasteiger partial charge in [-0.05, 0) is 17.7 Å². The zero-order valence-electron chi connectivity index (χ0n) is 11.3. The van der Waals surface area contributed by atoms with Crippen molar-refractivity contribution in [3.8, 4) is 5.75 Å². The van der Waals surface area contributed by atoms with Crippen LogP contribution < -0.4 is 10.1 Å². The lowest BCUT2D eigenvalue weighted by molar-refractivity contribution is -0.159. The molecule has 1 aromatic carbocycles. The van der Waals surface area contributed by atoms with E-state index in [9.17, 15) is 18.3 Å². The van der Waals surface area contributed by atoms with Crippen LogP contribution in [-0.2, 0) is 4.74 Å². The summed E-state index contributed by atoms with van der Waals surface area (Å²) in [4.78, 5) is 0. The molecule has 0 bridgehead atoms. The van der Waals surface area contributed by atoms with Gasteiger partial charge in [0.15, 0.2) is 0 Å². The standard InChI is InChI=1S/C13H18F3NO3/c1-19-8-10(18)7-17-12(13(14,15)16)9-3-5-11(20-2)6-4-9/h3-6,10,12,17-18H,7-8H2,1-2H3/t10-,12?/m0/s1. The van der Waals surface area contributed by atoms with Gasteiger partial charge < -0.3 is 14.6 Å². The summed E-state index contributed by atoms with van der Waals surface area (Å²) in [6.07, 6.45) is -5.45. The molecular weight excluding hydrogens is 275 g/mol. The summed E-state index contributed by atoms with van der Waals surface area (Å²) in [6.45, 7) is -0.246. The van der Waals surface area contributed by atoms with Crippen molar-refractivity contribution < 1.29 is 27.8 Å². The van der Waals surface area contributed by atoms with Crippen LogP contribution in [-0.4, -0.2) is 44.8 Å². The fourth-order valence-corrected chi connectivity index (χ4v) is 1.72. The molecule has 1 aromatic rings. The third-order valence-corrected chi connectivity index (χ3v) is 2.69. The molecule has 7 heteroatoms. The average molecular weight is 293 g/mol. The highest BCUT2D eigenvalue weighted by molar-refractivity contribution is 5.29. The number of hydrogen-bond donors (Lipinski definition) is 2. The Bertz CT molecular complexity index is 395. The monoisotopic (exact) mass is 293 g/mol. The van der Waals surface area contributed by atoms with Gasteiger partial charge in [-0.3, -0.25) is 5.32 Å². The maximum atomic E-state index is 13.0. The average Bonchev–Trinajstić information content (AvgIpc) is 2.38. The van der Waals surface area contributed by atoms with Gasteiger partial charge in [-0.25, -0.2) is 0 Å². The molecule has 1 unspecified atom stereocenters. The van der Waals surface area contributed by atoms with Gasteiger partial charge in [0.25, 0.3) is 0 Å². The van der Waals surface area contributed by atoms with E-state index in [1.54, 1.807) is 0 Å². The minimum Gasteiger partial charge on any atom is -0.497 e. The first-order valence-corrected chi connectivity index (χ1v) is 5.99. The summed E-state index contributed by atoms with van der Waals surface area (Å²) in [7, 11) is 2.81. The van der Waals surface area contributed by atoms with E-state index in [-0.39, 0.29) is 18.7 Å². The fraction of sp³-hybridized carbons (Fsp3) is 0.538. The molecule has 0 aliphatic rings. The van der Waals surface area contributed by atoms with E-state index in [1.165, 1.54) is 38.5 Å². The Morgan fingerprint density at radius 1 is 1.20 bits per heavy atom. The first-order chi connectivity index (χ1) is 9.38. The lowest BCUT2D eigenvalue weighted by atomic mass is 10.1. The van der Waals surface area contributed by atoms with Crippen LogP contribution in [0, 0.1) is 0 Å². The molecule has 0 aliphatic heterocycles. The highest BCUT2D eigenvalue weighted by Crippen LogP contribution is 2.33. The Labute approximate surface area is 115 Å². The molecule has 0 saturated heterocycles. The first-order valence-electron chi connectivity index (χ1n) is 5.99. The molecule has 0 fully saturated rings. The first kappa shape index (κ1) is 16.7. The van der Waals surface area contributed by atoms with Gasteiger partial charge in [0.1, 0.15) is 11.8 Å². The van der Waals surface area contributed by atoms with Gasteiger partial charge >= 0.3 is 6.18 Å². The van der Waals surface area contributed by atoms with E-state index in [2.05, 4.69) is 10.1 Å². The van der Waals surface area contributed by atoms with Crippen molar-refractivity contribution in [2.75, 3.05) is 27.4 Å². The van der Waals surface area contributed by atoms with Crippen molar-refractivity contribution in [2.24, 2.45) is 0 Å². The Hall–Kier alpha value is -1.31. The molecular formula is C13H18F3NO3. The SMILES string of the molecule is COC[C@@H](O)CNC(c1ccc(OC)cc1)C(F)(F)F. The van der Waals surface area contributed by atoms with Crippen molar-refractivity contribution >= 4 is 0 Å². The van der Waals surface area contributed by atoms with Crippen molar-refractivity contribution in [1.29, 1.82) is 0 Å². The van der Waals surface area contributed by atoms with E-state index >= 15 is 0 Å². The van der Waals surface area contributed by atoms with Crippen LogP contribution >= 0.6 is 0 Å². The largest absolute Gasteiger partial charge is 0.497 e. The quantitative estimate of drug-likeness (QED) is 0.806. The van der Waals surface area contributed by atoms with E-state index in [1.807, 2.05) is 0 Å². The second kappa shape index (κ2) is 7.47. The number of benzene rings is 1. The van der Waals surface area contributed by atoms with Crippen LogP contribution in [0.15, 0.2) is 24.3 Å². The van der Waals surface area contributed by atoms with Crippen LogP contribution in [0.25, 0.3) is 0 Å². The molecule has 4 nitrogen and oxygen atoms in total. The number of ether oxygens (including phenoxy) is 2. The van der Waals surface area contributed by atoms with Gasteiger partial charge in [-0.15, -0.1) is 0 Å². The van der Waals surface area contributed by atoms with Crippen molar-refractivity contribution in [3.05, 3.63) is 29.8 Å². The summed E-state index contributed by atoms with van der Waals surface area (Å²) >= 11 is 0. The van der Waals surface area contributed by atoms with Crippen LogP contribution in [0.3, 0.4) is 0 Å². The number of aliphatic hydroxyl groups excluding tert-OH is 1. The highest BCUT2D eigenvalue weighted by Gasteiger charge is 2.40. The zero-order valence-corrected chi connectivity index (χ0v) is 11.3. The van der Waals surface area contributed by atoms with Crippen molar-refractivity contribution in [2.45, 2.75) is 18.3 Å². The number of hydrogen-bond acceptors (Lipinski definition) is 4. The lowest BCUT2D eigenvalue weighted by Gasteiger charge is -2.23. The second-order valence-electron chi connectivity index (χ2n) is 4.27. The van der Waals surface area contributed by atoms with Gasteiger partial charge in [-0.2, -0.15) is 13.2 Å². The summed E-state index contributed by atoms with van der Waals surface area (Å²) in [5, 5.41) is 11.7. The summed E-state index contributed by atoms with van der Waals surface area (Å²) < 4.78 is 48.6. The number of rotatable bonds is 7. The van der Waals surface area contributed by atoms with Gasteiger partial charge in [0.2, 0.25) is 0 Å². The maximum Gasteiger partial charge on any atom is 0.407 e. The molecule has 1 rings (SSSR count). The van der Waals surface area contributed by atoms with E-state index < -0.39 is 18.3 Å². The molecule has 0 spiro atoms. The predicted octanol–water partition coefficient (Wildman–Crippen LogP) is 1.90. The molecule has 0 aromatic heterocycles. The molecule has 0 saturated carbocycles. The normalized spacial score (nSPS) is 14.9. The molecule has 114 valence electrons. The predicted molar refractivity (Wildman–Crippen MR) is 67.7 cm³/mol. The second-order valence-corrected chi connectivity index (χ2v) is 4.27. The molecule has 0 aliphatic carbocycles. The minimum absolute atomic E-state index is 0.0276. The van der Waals surface area contributed by atoms with Gasteiger partial charge in [0.05, 0.1) is 19.8 Å². The third kappa shape index (κ3) is 4.99. The molecule has 0 heterocycles. The topological polar surface area (TPSA) is 50.7 Å². The van der Waals surface area contributed by atoms with Gasteiger partial charge in [0, 0.05) is 13.7 Å². The number of methoxy groups -OCH3 is 2. The number of aliphatic hydroxyl groups is 1. The summed E-state index contributed by atoms with van der Waals surface area (Å²) in [5.41, 5.74) is 0.0583. The number of nitrogens with one attached hydrogen (secondary N) is 1. The third-order valence-electron chi connectivity index (χ3n) is 2.69.